The molecule has 2 aromatic rings. The second-order valence-electron chi connectivity index (χ2n) is 3.93. The standard InChI is InChI=1S/C13H14BrNO3S2/c1-2-18-12-6-5-10(14)8-13(12)20(16,17)15-9-11-4-3-7-19-11/h3-8,15H,2,9H2,1H3. The normalized spacial score (nSPS) is 11.5. The molecule has 1 heterocycles. The molecule has 108 valence electrons. The van der Waals surface area contributed by atoms with Gasteiger partial charge in [0.2, 0.25) is 10.0 Å². The summed E-state index contributed by atoms with van der Waals surface area (Å²) >= 11 is 4.79. The number of rotatable bonds is 6. The van der Waals surface area contributed by atoms with Crippen molar-refractivity contribution in [2.75, 3.05) is 6.61 Å². The van der Waals surface area contributed by atoms with Gasteiger partial charge >= 0.3 is 0 Å². The first-order chi connectivity index (χ1) is 9.53. The number of thiophene rings is 1. The first kappa shape index (κ1) is 15.5. The maximum Gasteiger partial charge on any atom is 0.244 e. The fourth-order valence-electron chi connectivity index (χ4n) is 1.62. The summed E-state index contributed by atoms with van der Waals surface area (Å²) < 4.78 is 33.4. The second-order valence-corrected chi connectivity index (χ2v) is 7.61. The lowest BCUT2D eigenvalue weighted by Gasteiger charge is -2.12. The van der Waals surface area contributed by atoms with Crippen LogP contribution >= 0.6 is 27.3 Å². The molecule has 1 N–H and O–H groups in total. The largest absolute Gasteiger partial charge is 0.492 e. The Hall–Kier alpha value is -0.890. The predicted octanol–water partition coefficient (Wildman–Crippen LogP) is 3.39. The van der Waals surface area contributed by atoms with Crippen molar-refractivity contribution >= 4 is 37.3 Å². The fourth-order valence-corrected chi connectivity index (χ4v) is 4.05. The van der Waals surface area contributed by atoms with Crippen LogP contribution in [0, 0.1) is 0 Å². The van der Waals surface area contributed by atoms with Gasteiger partial charge < -0.3 is 4.74 Å². The van der Waals surface area contributed by atoms with Gasteiger partial charge in [0.15, 0.2) is 0 Å². The molecule has 7 heteroatoms. The summed E-state index contributed by atoms with van der Waals surface area (Å²) in [4.78, 5) is 1.10. The van der Waals surface area contributed by atoms with E-state index < -0.39 is 10.0 Å². The van der Waals surface area contributed by atoms with Crippen LogP contribution < -0.4 is 9.46 Å². The van der Waals surface area contributed by atoms with Gasteiger partial charge in [0.25, 0.3) is 0 Å². The third-order valence-electron chi connectivity index (χ3n) is 2.51. The van der Waals surface area contributed by atoms with E-state index in [1.165, 1.54) is 11.3 Å². The molecule has 0 aliphatic carbocycles. The lowest BCUT2D eigenvalue weighted by Crippen LogP contribution is -2.23. The highest BCUT2D eigenvalue weighted by Crippen LogP contribution is 2.27. The maximum atomic E-state index is 12.4. The van der Waals surface area contributed by atoms with Crippen LogP contribution in [0.15, 0.2) is 45.1 Å². The number of halogens is 1. The molecule has 0 fully saturated rings. The Morgan fingerprint density at radius 1 is 1.35 bits per heavy atom. The molecule has 4 nitrogen and oxygen atoms in total. The van der Waals surface area contributed by atoms with Gasteiger partial charge in [-0.2, -0.15) is 0 Å². The number of nitrogens with one attached hydrogen (secondary N) is 1. The van der Waals surface area contributed by atoms with Crippen LogP contribution in [-0.4, -0.2) is 15.0 Å². The van der Waals surface area contributed by atoms with E-state index in [2.05, 4.69) is 20.7 Å². The highest BCUT2D eigenvalue weighted by Gasteiger charge is 2.20. The van der Waals surface area contributed by atoms with Gasteiger partial charge in [0.1, 0.15) is 10.6 Å². The minimum absolute atomic E-state index is 0.144. The summed E-state index contributed by atoms with van der Waals surface area (Å²) in [5, 5.41) is 1.91. The van der Waals surface area contributed by atoms with Crippen molar-refractivity contribution in [3.05, 3.63) is 45.1 Å². The van der Waals surface area contributed by atoms with Crippen LogP contribution in [0.2, 0.25) is 0 Å². The quantitative estimate of drug-likeness (QED) is 0.841. The summed E-state index contributed by atoms with van der Waals surface area (Å²) in [5.74, 6) is 0.356. The van der Waals surface area contributed by atoms with Crippen LogP contribution in [0.4, 0.5) is 0 Å². The summed E-state index contributed by atoms with van der Waals surface area (Å²) in [6, 6.07) is 8.72. The molecule has 0 saturated carbocycles. The summed E-state index contributed by atoms with van der Waals surface area (Å²) in [5.41, 5.74) is 0. The lowest BCUT2D eigenvalue weighted by molar-refractivity contribution is 0.331. The zero-order chi connectivity index (χ0) is 14.6. The molecular formula is C13H14BrNO3S2. The Morgan fingerprint density at radius 3 is 2.80 bits per heavy atom. The van der Waals surface area contributed by atoms with Crippen molar-refractivity contribution in [2.45, 2.75) is 18.4 Å². The molecule has 2 rings (SSSR count). The average molecular weight is 376 g/mol. The van der Waals surface area contributed by atoms with Gasteiger partial charge in [0, 0.05) is 15.9 Å². The molecule has 0 bridgehead atoms. The van der Waals surface area contributed by atoms with Crippen LogP contribution in [0.5, 0.6) is 5.75 Å². The maximum absolute atomic E-state index is 12.4. The summed E-state index contributed by atoms with van der Waals surface area (Å²) in [6.45, 7) is 2.50. The zero-order valence-electron chi connectivity index (χ0n) is 10.8. The molecule has 0 aliphatic rings. The van der Waals surface area contributed by atoms with Crippen molar-refractivity contribution in [1.29, 1.82) is 0 Å². The number of hydrogen-bond acceptors (Lipinski definition) is 4. The lowest BCUT2D eigenvalue weighted by atomic mass is 10.3. The third-order valence-corrected chi connectivity index (χ3v) is 5.30. The Morgan fingerprint density at radius 2 is 2.15 bits per heavy atom. The monoisotopic (exact) mass is 375 g/mol. The third kappa shape index (κ3) is 3.82. The van der Waals surface area contributed by atoms with Crippen LogP contribution in [0.1, 0.15) is 11.8 Å². The molecule has 0 atom stereocenters. The van der Waals surface area contributed by atoms with Crippen LogP contribution in [-0.2, 0) is 16.6 Å². The van der Waals surface area contributed by atoms with Crippen molar-refractivity contribution in [2.24, 2.45) is 0 Å². The number of sulfonamides is 1. The minimum atomic E-state index is -3.61. The van der Waals surface area contributed by atoms with Gasteiger partial charge in [-0.05, 0) is 36.6 Å². The Balaban J connectivity index is 2.26. The fraction of sp³-hybridized carbons (Fsp3) is 0.231. The van der Waals surface area contributed by atoms with Crippen molar-refractivity contribution in [3.8, 4) is 5.75 Å². The second kappa shape index (κ2) is 6.71. The highest BCUT2D eigenvalue weighted by atomic mass is 79.9. The topological polar surface area (TPSA) is 55.4 Å². The zero-order valence-corrected chi connectivity index (χ0v) is 14.0. The Bertz CT molecular complexity index is 669. The van der Waals surface area contributed by atoms with E-state index in [0.29, 0.717) is 16.8 Å². The van der Waals surface area contributed by atoms with Crippen molar-refractivity contribution < 1.29 is 13.2 Å². The number of hydrogen-bond donors (Lipinski definition) is 1. The summed E-state index contributed by atoms with van der Waals surface area (Å²) in [7, 11) is -3.61. The van der Waals surface area contributed by atoms with E-state index in [4.69, 9.17) is 4.74 Å². The van der Waals surface area contributed by atoms with Crippen LogP contribution in [0.25, 0.3) is 0 Å². The molecule has 0 amide bonds. The van der Waals surface area contributed by atoms with Crippen molar-refractivity contribution in [3.63, 3.8) is 0 Å². The highest BCUT2D eigenvalue weighted by molar-refractivity contribution is 9.10. The van der Waals surface area contributed by atoms with E-state index in [1.54, 1.807) is 18.2 Å². The van der Waals surface area contributed by atoms with E-state index in [-0.39, 0.29) is 11.4 Å². The SMILES string of the molecule is CCOc1ccc(Br)cc1S(=O)(=O)NCc1cccs1. The van der Waals surface area contributed by atoms with E-state index in [0.717, 1.165) is 4.88 Å². The van der Waals surface area contributed by atoms with Gasteiger partial charge in [0.05, 0.1) is 6.61 Å². The number of ether oxygens (including phenoxy) is 1. The molecular weight excluding hydrogens is 362 g/mol. The molecule has 0 radical (unpaired) electrons. The number of benzene rings is 1. The van der Waals surface area contributed by atoms with E-state index in [9.17, 15) is 8.42 Å². The first-order valence-electron chi connectivity index (χ1n) is 5.97. The average Bonchev–Trinajstić information content (AvgIpc) is 2.92. The van der Waals surface area contributed by atoms with E-state index in [1.807, 2.05) is 24.4 Å². The van der Waals surface area contributed by atoms with Crippen molar-refractivity contribution in [1.82, 2.24) is 4.72 Å². The van der Waals surface area contributed by atoms with Gasteiger partial charge in [-0.25, -0.2) is 13.1 Å². The molecule has 0 aliphatic heterocycles. The van der Waals surface area contributed by atoms with Gasteiger partial charge in [-0.1, -0.05) is 22.0 Å². The Kier molecular flexibility index (Phi) is 5.20. The minimum Gasteiger partial charge on any atom is -0.492 e. The molecule has 1 aromatic heterocycles. The van der Waals surface area contributed by atoms with E-state index >= 15 is 0 Å². The van der Waals surface area contributed by atoms with Crippen LogP contribution in [0.3, 0.4) is 0 Å². The first-order valence-corrected chi connectivity index (χ1v) is 9.13. The molecule has 0 saturated heterocycles. The Labute approximate surface area is 131 Å². The molecule has 20 heavy (non-hydrogen) atoms. The molecule has 0 unspecified atom stereocenters. The molecule has 1 aromatic carbocycles. The van der Waals surface area contributed by atoms with Gasteiger partial charge in [-0.15, -0.1) is 11.3 Å². The predicted molar refractivity (Wildman–Crippen MR) is 83.7 cm³/mol. The molecule has 0 spiro atoms. The smallest absolute Gasteiger partial charge is 0.244 e. The summed E-state index contributed by atoms with van der Waals surface area (Å²) in [6.07, 6.45) is 0. The van der Waals surface area contributed by atoms with Gasteiger partial charge in [-0.3, -0.25) is 0 Å².